The van der Waals surface area contributed by atoms with Gasteiger partial charge in [0.25, 0.3) is 5.91 Å². The van der Waals surface area contributed by atoms with E-state index in [9.17, 15) is 13.4 Å². The highest BCUT2D eigenvalue weighted by Gasteiger charge is 2.35. The van der Waals surface area contributed by atoms with Crippen molar-refractivity contribution in [2.24, 2.45) is 0 Å². The van der Waals surface area contributed by atoms with Crippen LogP contribution in [0.5, 0.6) is 5.75 Å². The zero-order valence-corrected chi connectivity index (χ0v) is 11.7. The largest absolute Gasteiger partial charge is 0.508 e. The van der Waals surface area contributed by atoms with Gasteiger partial charge in [-0.2, -0.15) is 0 Å². The number of amides is 1. The van der Waals surface area contributed by atoms with Gasteiger partial charge in [0.05, 0.1) is 10.3 Å². The van der Waals surface area contributed by atoms with Crippen LogP contribution >= 0.6 is 0 Å². The van der Waals surface area contributed by atoms with Crippen molar-refractivity contribution in [2.45, 2.75) is 18.6 Å². The van der Waals surface area contributed by atoms with E-state index in [2.05, 4.69) is 0 Å². The van der Waals surface area contributed by atoms with Crippen LogP contribution in [0.25, 0.3) is 0 Å². The van der Waals surface area contributed by atoms with Gasteiger partial charge in [0.15, 0.2) is 0 Å². The summed E-state index contributed by atoms with van der Waals surface area (Å²) in [6.07, 6.45) is 0. The minimum atomic E-state index is -0.981. The number of phenols is 1. The predicted octanol–water partition coefficient (Wildman–Crippen LogP) is 1.51. The molecule has 0 spiro atoms. The minimum absolute atomic E-state index is 0.0683. The summed E-state index contributed by atoms with van der Waals surface area (Å²) < 4.78 is 25.0. The summed E-state index contributed by atoms with van der Waals surface area (Å²) in [7, 11) is -0.981. The van der Waals surface area contributed by atoms with Crippen molar-refractivity contribution >= 4 is 16.7 Å². The normalized spacial score (nSPS) is 22.3. The van der Waals surface area contributed by atoms with Gasteiger partial charge in [0, 0.05) is 35.7 Å². The van der Waals surface area contributed by atoms with E-state index in [4.69, 9.17) is 5.11 Å². The molecule has 1 amide bonds. The highest BCUT2D eigenvalue weighted by molar-refractivity contribution is 7.86. The Hall–Kier alpha value is -1.43. The standard InChI is InChI=1S/C13H16FNO3S/c1-13(2)8-15(5-6-19(13)18)12(17)10-4-3-9(16)7-11(10)14/h3-4,7,16H,5-6,8H2,1-2H3. The number of phenolic OH excluding ortho intramolecular Hbond substituents is 1. The van der Waals surface area contributed by atoms with Gasteiger partial charge in [-0.3, -0.25) is 9.00 Å². The van der Waals surface area contributed by atoms with E-state index >= 15 is 0 Å². The van der Waals surface area contributed by atoms with Crippen molar-refractivity contribution in [3.05, 3.63) is 29.6 Å². The van der Waals surface area contributed by atoms with Crippen LogP contribution in [0, 0.1) is 5.82 Å². The molecule has 1 N–H and O–H groups in total. The Morgan fingerprint density at radius 3 is 2.74 bits per heavy atom. The van der Waals surface area contributed by atoms with Gasteiger partial charge in [-0.15, -0.1) is 0 Å². The predicted molar refractivity (Wildman–Crippen MR) is 71.1 cm³/mol. The number of aromatic hydroxyl groups is 1. The molecule has 0 radical (unpaired) electrons. The molecule has 2 rings (SSSR count). The summed E-state index contributed by atoms with van der Waals surface area (Å²) in [4.78, 5) is 13.7. The highest BCUT2D eigenvalue weighted by atomic mass is 32.2. The first-order valence-corrected chi connectivity index (χ1v) is 7.29. The van der Waals surface area contributed by atoms with Crippen LogP contribution in [-0.2, 0) is 10.8 Å². The zero-order chi connectivity index (χ0) is 14.2. The summed E-state index contributed by atoms with van der Waals surface area (Å²) in [5.74, 6) is -0.982. The Bertz CT molecular complexity index is 545. The third kappa shape index (κ3) is 2.78. The molecule has 1 aromatic carbocycles. The van der Waals surface area contributed by atoms with E-state index in [0.29, 0.717) is 18.8 Å². The minimum Gasteiger partial charge on any atom is -0.508 e. The molecule has 1 unspecified atom stereocenters. The van der Waals surface area contributed by atoms with Gasteiger partial charge < -0.3 is 10.0 Å². The maximum absolute atomic E-state index is 13.7. The third-order valence-corrected chi connectivity index (χ3v) is 5.12. The number of hydrogen-bond acceptors (Lipinski definition) is 3. The Morgan fingerprint density at radius 2 is 2.16 bits per heavy atom. The van der Waals surface area contributed by atoms with E-state index < -0.39 is 27.3 Å². The molecule has 19 heavy (non-hydrogen) atoms. The molecule has 104 valence electrons. The molecule has 6 heteroatoms. The van der Waals surface area contributed by atoms with Crippen molar-refractivity contribution in [2.75, 3.05) is 18.8 Å². The average molecular weight is 285 g/mol. The highest BCUT2D eigenvalue weighted by Crippen LogP contribution is 2.23. The van der Waals surface area contributed by atoms with Crippen molar-refractivity contribution in [3.8, 4) is 5.75 Å². The van der Waals surface area contributed by atoms with Gasteiger partial charge in [-0.05, 0) is 26.0 Å². The van der Waals surface area contributed by atoms with Crippen molar-refractivity contribution in [3.63, 3.8) is 0 Å². The van der Waals surface area contributed by atoms with Crippen LogP contribution in [0.3, 0.4) is 0 Å². The number of nitrogens with zero attached hydrogens (tertiary/aromatic N) is 1. The summed E-state index contributed by atoms with van der Waals surface area (Å²) in [5, 5.41) is 9.14. The second kappa shape index (κ2) is 4.92. The molecule has 0 bridgehead atoms. The van der Waals surface area contributed by atoms with Crippen LogP contribution in [0.2, 0.25) is 0 Å². The van der Waals surface area contributed by atoms with Crippen LogP contribution in [-0.4, -0.2) is 43.7 Å². The van der Waals surface area contributed by atoms with Crippen LogP contribution in [0.1, 0.15) is 24.2 Å². The lowest BCUT2D eigenvalue weighted by Gasteiger charge is -2.37. The molecular formula is C13H16FNO3S. The molecule has 0 saturated carbocycles. The maximum Gasteiger partial charge on any atom is 0.256 e. The second-order valence-electron chi connectivity index (χ2n) is 5.20. The number of benzene rings is 1. The average Bonchev–Trinajstić information content (AvgIpc) is 2.32. The van der Waals surface area contributed by atoms with Gasteiger partial charge >= 0.3 is 0 Å². The van der Waals surface area contributed by atoms with E-state index in [0.717, 1.165) is 6.07 Å². The lowest BCUT2D eigenvalue weighted by atomic mass is 10.1. The molecule has 1 aliphatic rings. The Labute approximate surface area is 113 Å². The topological polar surface area (TPSA) is 57.6 Å². The Balaban J connectivity index is 2.23. The van der Waals surface area contributed by atoms with Crippen molar-refractivity contribution < 1.29 is 18.5 Å². The molecule has 0 aromatic heterocycles. The fourth-order valence-corrected chi connectivity index (χ4v) is 3.34. The molecule has 1 atom stereocenters. The molecule has 0 aliphatic carbocycles. The van der Waals surface area contributed by atoms with Crippen LogP contribution in [0.15, 0.2) is 18.2 Å². The molecule has 1 heterocycles. The lowest BCUT2D eigenvalue weighted by Crippen LogP contribution is -2.52. The van der Waals surface area contributed by atoms with Gasteiger partial charge in [0.1, 0.15) is 11.6 Å². The summed E-state index contributed by atoms with van der Waals surface area (Å²) in [6.45, 7) is 4.35. The third-order valence-electron chi connectivity index (χ3n) is 3.20. The van der Waals surface area contributed by atoms with Gasteiger partial charge in [-0.1, -0.05) is 0 Å². The first kappa shape index (κ1) is 14.0. The van der Waals surface area contributed by atoms with E-state index in [-0.39, 0.29) is 11.3 Å². The molecular weight excluding hydrogens is 269 g/mol. The molecule has 1 fully saturated rings. The number of carbonyl (C=O) groups excluding carboxylic acids is 1. The van der Waals surface area contributed by atoms with E-state index in [1.165, 1.54) is 17.0 Å². The first-order chi connectivity index (χ1) is 8.81. The molecule has 1 aliphatic heterocycles. The number of rotatable bonds is 1. The first-order valence-electron chi connectivity index (χ1n) is 5.97. The van der Waals surface area contributed by atoms with Gasteiger partial charge in [-0.25, -0.2) is 4.39 Å². The number of hydrogen-bond donors (Lipinski definition) is 1. The van der Waals surface area contributed by atoms with E-state index in [1.54, 1.807) is 0 Å². The summed E-state index contributed by atoms with van der Waals surface area (Å²) in [5.41, 5.74) is -0.0683. The monoisotopic (exact) mass is 285 g/mol. The summed E-state index contributed by atoms with van der Waals surface area (Å²) in [6, 6.07) is 3.47. The van der Waals surface area contributed by atoms with Crippen LogP contribution in [0.4, 0.5) is 4.39 Å². The fourth-order valence-electron chi connectivity index (χ4n) is 2.10. The summed E-state index contributed by atoms with van der Waals surface area (Å²) >= 11 is 0. The van der Waals surface area contributed by atoms with Crippen LogP contribution < -0.4 is 0 Å². The molecule has 4 nitrogen and oxygen atoms in total. The molecule has 1 aromatic rings. The Kier molecular flexibility index (Phi) is 3.62. The SMILES string of the molecule is CC1(C)CN(C(=O)c2ccc(O)cc2F)CCS1=O. The lowest BCUT2D eigenvalue weighted by molar-refractivity contribution is 0.0741. The quantitative estimate of drug-likeness (QED) is 0.851. The number of carbonyl (C=O) groups is 1. The molecule has 1 saturated heterocycles. The van der Waals surface area contributed by atoms with Gasteiger partial charge in [0.2, 0.25) is 0 Å². The maximum atomic E-state index is 13.7. The smallest absolute Gasteiger partial charge is 0.256 e. The zero-order valence-electron chi connectivity index (χ0n) is 10.9. The van der Waals surface area contributed by atoms with E-state index in [1.807, 2.05) is 13.8 Å². The van der Waals surface area contributed by atoms with Crippen molar-refractivity contribution in [1.29, 1.82) is 0 Å². The Morgan fingerprint density at radius 1 is 1.47 bits per heavy atom. The fraction of sp³-hybridized carbons (Fsp3) is 0.462. The van der Waals surface area contributed by atoms with Crippen molar-refractivity contribution in [1.82, 2.24) is 4.90 Å². The second-order valence-corrected chi connectivity index (χ2v) is 7.40. The number of halogens is 1.